The van der Waals surface area contributed by atoms with Crippen molar-refractivity contribution in [3.05, 3.63) is 70.4 Å². The molecule has 5 nitrogen and oxygen atoms in total. The van der Waals surface area contributed by atoms with E-state index in [0.717, 1.165) is 22.6 Å². The van der Waals surface area contributed by atoms with Crippen molar-refractivity contribution in [2.75, 3.05) is 19.0 Å². The number of aryl methyl sites for hydroxylation is 1. The minimum Gasteiger partial charge on any atom is -0.497 e. The van der Waals surface area contributed by atoms with Crippen LogP contribution in [-0.2, 0) is 11.2 Å². The molecule has 0 spiro atoms. The number of halogens is 1. The first-order valence-corrected chi connectivity index (χ1v) is 8.45. The fourth-order valence-electron chi connectivity index (χ4n) is 2.30. The quantitative estimate of drug-likeness (QED) is 0.574. The summed E-state index contributed by atoms with van der Waals surface area (Å²) in [7, 11) is 1.62. The van der Waals surface area contributed by atoms with Crippen LogP contribution in [0, 0.1) is 18.3 Å². The maximum Gasteiger partial charge on any atom is 0.263 e. The first-order valence-electron chi connectivity index (χ1n) is 8.07. The van der Waals surface area contributed by atoms with Gasteiger partial charge in [-0.25, -0.2) is 0 Å². The average Bonchev–Trinajstić information content (AvgIpc) is 2.64. The summed E-state index contributed by atoms with van der Waals surface area (Å²) in [5.41, 5.74) is 2.79. The van der Waals surface area contributed by atoms with E-state index < -0.39 is 5.91 Å². The van der Waals surface area contributed by atoms with Gasteiger partial charge in [-0.2, -0.15) is 5.26 Å². The second-order valence-corrected chi connectivity index (χ2v) is 6.06. The summed E-state index contributed by atoms with van der Waals surface area (Å²) in [6, 6.07) is 14.9. The second kappa shape index (κ2) is 9.50. The van der Waals surface area contributed by atoms with Crippen LogP contribution >= 0.6 is 11.6 Å². The van der Waals surface area contributed by atoms with Crippen molar-refractivity contribution in [2.45, 2.75) is 13.3 Å². The third-order valence-corrected chi connectivity index (χ3v) is 4.02. The molecule has 6 heteroatoms. The van der Waals surface area contributed by atoms with Crippen LogP contribution in [0.25, 0.3) is 0 Å². The highest BCUT2D eigenvalue weighted by Crippen LogP contribution is 2.19. The van der Waals surface area contributed by atoms with Crippen LogP contribution in [-0.4, -0.2) is 19.6 Å². The molecule has 0 saturated heterocycles. The van der Waals surface area contributed by atoms with Crippen LogP contribution in [0.5, 0.6) is 5.75 Å². The van der Waals surface area contributed by atoms with Crippen molar-refractivity contribution >= 4 is 23.2 Å². The van der Waals surface area contributed by atoms with Crippen molar-refractivity contribution in [3.8, 4) is 11.8 Å². The van der Waals surface area contributed by atoms with Crippen molar-refractivity contribution < 1.29 is 9.53 Å². The summed E-state index contributed by atoms with van der Waals surface area (Å²) in [6.07, 6.45) is 2.07. The predicted octanol–water partition coefficient (Wildman–Crippen LogP) is 3.84. The molecule has 2 aromatic carbocycles. The highest BCUT2D eigenvalue weighted by atomic mass is 35.5. The van der Waals surface area contributed by atoms with Crippen LogP contribution in [0.3, 0.4) is 0 Å². The fraction of sp³-hybridized carbons (Fsp3) is 0.200. The summed E-state index contributed by atoms with van der Waals surface area (Å²) < 4.78 is 5.11. The topological polar surface area (TPSA) is 74.1 Å². The number of nitrogens with zero attached hydrogens (tertiary/aromatic N) is 1. The SMILES string of the molecule is COc1ccc(CCNC(=O)/C(C#N)=C\Nc2ccc(Cl)cc2C)cc1. The molecule has 1 amide bonds. The smallest absolute Gasteiger partial charge is 0.263 e. The van der Waals surface area contributed by atoms with Gasteiger partial charge in [-0.3, -0.25) is 4.79 Å². The average molecular weight is 370 g/mol. The number of carbonyl (C=O) groups excluding carboxylic acids is 1. The second-order valence-electron chi connectivity index (χ2n) is 5.63. The lowest BCUT2D eigenvalue weighted by Crippen LogP contribution is -2.27. The van der Waals surface area contributed by atoms with E-state index in [1.165, 1.54) is 6.20 Å². The highest BCUT2D eigenvalue weighted by Gasteiger charge is 2.08. The van der Waals surface area contributed by atoms with E-state index in [-0.39, 0.29) is 5.57 Å². The van der Waals surface area contributed by atoms with Gasteiger partial charge in [0, 0.05) is 23.5 Å². The molecule has 0 bridgehead atoms. The Balaban J connectivity index is 1.90. The molecule has 2 N–H and O–H groups in total. The number of carbonyl (C=O) groups is 1. The Bertz CT molecular complexity index is 839. The Morgan fingerprint density at radius 3 is 2.62 bits per heavy atom. The van der Waals surface area contributed by atoms with E-state index >= 15 is 0 Å². The zero-order valence-electron chi connectivity index (χ0n) is 14.7. The van der Waals surface area contributed by atoms with Gasteiger partial charge in [0.15, 0.2) is 0 Å². The maximum atomic E-state index is 12.1. The minimum absolute atomic E-state index is 0.00841. The van der Waals surface area contributed by atoms with Crippen LogP contribution in [0.15, 0.2) is 54.2 Å². The number of ether oxygens (including phenoxy) is 1. The molecular weight excluding hydrogens is 350 g/mol. The van der Waals surface area contributed by atoms with E-state index in [4.69, 9.17) is 16.3 Å². The Labute approximate surface area is 158 Å². The Morgan fingerprint density at radius 1 is 1.27 bits per heavy atom. The van der Waals surface area contributed by atoms with Crippen molar-refractivity contribution in [3.63, 3.8) is 0 Å². The number of methoxy groups -OCH3 is 1. The van der Waals surface area contributed by atoms with Gasteiger partial charge in [0.25, 0.3) is 5.91 Å². The number of anilines is 1. The molecule has 0 saturated carbocycles. The van der Waals surface area contributed by atoms with Crippen LogP contribution in [0.1, 0.15) is 11.1 Å². The summed E-state index contributed by atoms with van der Waals surface area (Å²) in [6.45, 7) is 2.33. The van der Waals surface area contributed by atoms with E-state index in [9.17, 15) is 10.1 Å². The monoisotopic (exact) mass is 369 g/mol. The van der Waals surface area contributed by atoms with Crippen LogP contribution in [0.4, 0.5) is 5.69 Å². The van der Waals surface area contributed by atoms with Crippen molar-refractivity contribution in [1.82, 2.24) is 5.32 Å². The van der Waals surface area contributed by atoms with Gasteiger partial charge in [-0.1, -0.05) is 23.7 Å². The van der Waals surface area contributed by atoms with Gasteiger partial charge >= 0.3 is 0 Å². The lowest BCUT2D eigenvalue weighted by atomic mass is 10.1. The summed E-state index contributed by atoms with van der Waals surface area (Å²) in [5, 5.41) is 15.6. The molecule has 0 fully saturated rings. The molecule has 0 heterocycles. The molecule has 2 rings (SSSR count). The lowest BCUT2D eigenvalue weighted by Gasteiger charge is -2.08. The molecular formula is C20H20ClN3O2. The first kappa shape index (κ1) is 19.4. The molecule has 2 aromatic rings. The van der Waals surface area contributed by atoms with Gasteiger partial charge in [-0.05, 0) is 54.8 Å². The molecule has 134 valence electrons. The molecule has 0 aliphatic rings. The largest absolute Gasteiger partial charge is 0.497 e. The normalized spacial score (nSPS) is 10.8. The molecule has 0 aliphatic heterocycles. The van der Waals surface area contributed by atoms with E-state index in [1.807, 2.05) is 37.3 Å². The number of benzene rings is 2. The third kappa shape index (κ3) is 5.54. The first-order chi connectivity index (χ1) is 12.5. The summed E-state index contributed by atoms with van der Waals surface area (Å²) >= 11 is 5.92. The molecule has 0 aliphatic carbocycles. The number of nitriles is 1. The van der Waals surface area contributed by atoms with E-state index in [2.05, 4.69) is 10.6 Å². The molecule has 0 aromatic heterocycles. The standard InChI is InChI=1S/C20H20ClN3O2/c1-14-11-17(21)5-8-19(14)24-13-16(12-22)20(25)23-10-9-15-3-6-18(26-2)7-4-15/h3-8,11,13,24H,9-10H2,1-2H3,(H,23,25)/b16-13-. The number of nitrogens with one attached hydrogen (secondary N) is 2. The fourth-order valence-corrected chi connectivity index (χ4v) is 2.52. The zero-order chi connectivity index (χ0) is 18.9. The molecule has 0 atom stereocenters. The zero-order valence-corrected chi connectivity index (χ0v) is 15.4. The Kier molecular flexibility index (Phi) is 7.07. The number of amides is 1. The van der Waals surface area contributed by atoms with Gasteiger partial charge < -0.3 is 15.4 Å². The summed E-state index contributed by atoms with van der Waals surface area (Å²) in [5.74, 6) is 0.371. The number of rotatable bonds is 7. The number of hydrogen-bond donors (Lipinski definition) is 2. The Morgan fingerprint density at radius 2 is 2.00 bits per heavy atom. The summed E-state index contributed by atoms with van der Waals surface area (Å²) in [4.78, 5) is 12.1. The highest BCUT2D eigenvalue weighted by molar-refractivity contribution is 6.30. The minimum atomic E-state index is -0.417. The Hall–Kier alpha value is -2.97. The van der Waals surface area contributed by atoms with Crippen molar-refractivity contribution in [2.24, 2.45) is 0 Å². The lowest BCUT2D eigenvalue weighted by molar-refractivity contribution is -0.117. The van der Waals surface area contributed by atoms with Gasteiger partial charge in [0.1, 0.15) is 17.4 Å². The van der Waals surface area contributed by atoms with Crippen molar-refractivity contribution in [1.29, 1.82) is 5.26 Å². The number of hydrogen-bond acceptors (Lipinski definition) is 4. The van der Waals surface area contributed by atoms with E-state index in [0.29, 0.717) is 18.0 Å². The van der Waals surface area contributed by atoms with E-state index in [1.54, 1.807) is 25.3 Å². The molecule has 26 heavy (non-hydrogen) atoms. The maximum absolute atomic E-state index is 12.1. The van der Waals surface area contributed by atoms with Crippen LogP contribution in [0.2, 0.25) is 5.02 Å². The van der Waals surface area contributed by atoms with Gasteiger partial charge in [0.2, 0.25) is 0 Å². The third-order valence-electron chi connectivity index (χ3n) is 3.78. The van der Waals surface area contributed by atoms with Crippen LogP contribution < -0.4 is 15.4 Å². The van der Waals surface area contributed by atoms with Gasteiger partial charge in [0.05, 0.1) is 7.11 Å². The molecule has 0 radical (unpaired) electrons. The van der Waals surface area contributed by atoms with Gasteiger partial charge in [-0.15, -0.1) is 0 Å². The molecule has 0 unspecified atom stereocenters. The predicted molar refractivity (Wildman–Crippen MR) is 103 cm³/mol.